The van der Waals surface area contributed by atoms with Gasteiger partial charge in [0.15, 0.2) is 0 Å². The number of hydrogen-bond acceptors (Lipinski definition) is 5. The molecule has 3 N–H and O–H groups in total. The van der Waals surface area contributed by atoms with Gasteiger partial charge in [0.1, 0.15) is 11.3 Å². The van der Waals surface area contributed by atoms with Gasteiger partial charge in [0.05, 0.1) is 10.5 Å². The smallest absolute Gasteiger partial charge is 0.146 e. The Hall–Kier alpha value is -2.31. The van der Waals surface area contributed by atoms with E-state index in [1.165, 1.54) is 93.0 Å². The van der Waals surface area contributed by atoms with Crippen molar-refractivity contribution in [3.63, 3.8) is 0 Å². The number of aromatic hydroxyl groups is 1. The van der Waals surface area contributed by atoms with Gasteiger partial charge in [-0.15, -0.1) is 24.8 Å². The third-order valence-corrected chi connectivity index (χ3v) is 8.77. The van der Waals surface area contributed by atoms with Gasteiger partial charge in [-0.3, -0.25) is 9.97 Å². The molecule has 0 unspecified atom stereocenters. The fourth-order valence-electron chi connectivity index (χ4n) is 6.17. The van der Waals surface area contributed by atoms with E-state index < -0.39 is 0 Å². The van der Waals surface area contributed by atoms with E-state index in [0.717, 1.165) is 48.8 Å². The molecule has 0 saturated carbocycles. The zero-order valence-corrected chi connectivity index (χ0v) is 27.6. The lowest BCUT2D eigenvalue weighted by Gasteiger charge is -2.21. The van der Waals surface area contributed by atoms with Gasteiger partial charge < -0.3 is 15.7 Å². The molecule has 0 spiro atoms. The summed E-state index contributed by atoms with van der Waals surface area (Å²) < 4.78 is 0. The molecule has 1 aliphatic carbocycles. The lowest BCUT2D eigenvalue weighted by Crippen LogP contribution is -2.14. The van der Waals surface area contributed by atoms with Crippen molar-refractivity contribution in [2.75, 3.05) is 18.4 Å². The predicted molar refractivity (Wildman–Crippen MR) is 188 cm³/mol. The fourth-order valence-corrected chi connectivity index (χ4v) is 6.46. The third kappa shape index (κ3) is 9.59. The standard InChI is InChI=1S/C35H45ClN4O.2ClH/c36-30-24-26(35(41)34-27(30)18-15-23-39-34)25-37-21-13-7-5-3-1-2-4-6-8-14-22-38-33-28-16-9-11-19-31(28)40-32-20-12-10-17-29(32)33;;/h9,11,15-16,18-19,23-24,37,41H,1-8,10,12-14,17,20-22,25H2,(H,38,40);2*1H. The number of nitrogens with one attached hydrogen (secondary N) is 2. The van der Waals surface area contributed by atoms with Crippen LogP contribution < -0.4 is 10.6 Å². The van der Waals surface area contributed by atoms with E-state index in [-0.39, 0.29) is 30.6 Å². The Kier molecular flexibility index (Phi) is 15.1. The molecule has 43 heavy (non-hydrogen) atoms. The number of fused-ring (bicyclic) bond motifs is 3. The van der Waals surface area contributed by atoms with Gasteiger partial charge >= 0.3 is 0 Å². The molecule has 1 aliphatic rings. The number of nitrogens with zero attached hydrogens (tertiary/aromatic N) is 2. The Morgan fingerprint density at radius 2 is 1.42 bits per heavy atom. The maximum atomic E-state index is 10.5. The lowest BCUT2D eigenvalue weighted by molar-refractivity contribution is 0.468. The normalized spacial score (nSPS) is 12.5. The molecule has 0 fully saturated rings. The van der Waals surface area contributed by atoms with E-state index in [1.807, 2.05) is 18.2 Å². The molecular formula is C35H47Cl3N4O. The fraction of sp³-hybridized carbons (Fsp3) is 0.486. The highest BCUT2D eigenvalue weighted by Gasteiger charge is 2.17. The number of anilines is 1. The first-order valence-corrected chi connectivity index (χ1v) is 16.2. The molecule has 0 amide bonds. The highest BCUT2D eigenvalue weighted by Crippen LogP contribution is 2.34. The summed E-state index contributed by atoms with van der Waals surface area (Å²) in [7, 11) is 0. The second kappa shape index (κ2) is 18.5. The number of unbranched alkanes of at least 4 members (excludes halogenated alkanes) is 9. The Morgan fingerprint density at radius 1 is 0.767 bits per heavy atom. The molecule has 2 aromatic heterocycles. The lowest BCUT2D eigenvalue weighted by atomic mass is 9.92. The van der Waals surface area contributed by atoms with Gasteiger partial charge in [-0.2, -0.15) is 0 Å². The third-order valence-electron chi connectivity index (χ3n) is 8.46. The second-order valence-corrected chi connectivity index (χ2v) is 11.9. The molecule has 0 radical (unpaired) electrons. The first-order valence-electron chi connectivity index (χ1n) is 15.8. The average Bonchev–Trinajstić information content (AvgIpc) is 3.01. The highest BCUT2D eigenvalue weighted by molar-refractivity contribution is 6.35. The van der Waals surface area contributed by atoms with Crippen LogP contribution in [0.25, 0.3) is 21.8 Å². The summed E-state index contributed by atoms with van der Waals surface area (Å²) in [4.78, 5) is 9.25. The van der Waals surface area contributed by atoms with Crippen LogP contribution in [0.5, 0.6) is 5.75 Å². The van der Waals surface area contributed by atoms with Crippen LogP contribution in [0.15, 0.2) is 48.7 Å². The minimum atomic E-state index is 0. The van der Waals surface area contributed by atoms with Crippen LogP contribution in [0, 0.1) is 0 Å². The quantitative estimate of drug-likeness (QED) is 0.106. The van der Waals surface area contributed by atoms with Crippen molar-refractivity contribution in [3.8, 4) is 5.75 Å². The number of para-hydroxylation sites is 1. The molecule has 5 rings (SSSR count). The molecule has 5 nitrogen and oxygen atoms in total. The zero-order valence-electron chi connectivity index (χ0n) is 25.2. The average molecular weight is 646 g/mol. The number of phenolic OH excluding ortho intramolecular Hbond substituents is 1. The Balaban J connectivity index is 0.00000253. The van der Waals surface area contributed by atoms with Crippen LogP contribution in [0.1, 0.15) is 93.9 Å². The summed E-state index contributed by atoms with van der Waals surface area (Å²) in [5.74, 6) is 0.231. The van der Waals surface area contributed by atoms with Gasteiger partial charge in [0.2, 0.25) is 0 Å². The van der Waals surface area contributed by atoms with Crippen molar-refractivity contribution in [2.45, 2.75) is 96.4 Å². The number of pyridine rings is 2. The van der Waals surface area contributed by atoms with Crippen molar-refractivity contribution in [3.05, 3.63) is 70.5 Å². The van der Waals surface area contributed by atoms with Crippen LogP contribution in [0.4, 0.5) is 5.69 Å². The van der Waals surface area contributed by atoms with Gasteiger partial charge in [-0.05, 0) is 74.9 Å². The molecular weight excluding hydrogens is 599 g/mol. The Morgan fingerprint density at radius 3 is 2.19 bits per heavy atom. The predicted octanol–water partition coefficient (Wildman–Crippen LogP) is 9.97. The number of aromatic nitrogens is 2. The van der Waals surface area contributed by atoms with E-state index in [1.54, 1.807) is 6.20 Å². The number of halogens is 3. The topological polar surface area (TPSA) is 70.1 Å². The number of benzene rings is 2. The molecule has 4 aromatic rings. The summed E-state index contributed by atoms with van der Waals surface area (Å²) in [5.41, 5.74) is 6.66. The Bertz CT molecular complexity index is 1430. The highest BCUT2D eigenvalue weighted by atomic mass is 35.5. The Labute approximate surface area is 274 Å². The first kappa shape index (κ1) is 35.2. The van der Waals surface area contributed by atoms with E-state index in [2.05, 4.69) is 39.9 Å². The monoisotopic (exact) mass is 644 g/mol. The van der Waals surface area contributed by atoms with Gasteiger partial charge in [-0.25, -0.2) is 0 Å². The molecule has 234 valence electrons. The minimum Gasteiger partial charge on any atom is -0.505 e. The largest absolute Gasteiger partial charge is 0.505 e. The SMILES string of the molecule is Cl.Cl.Oc1c(CNCCCCCCCCCCCCNc2c3c(nc4ccccc24)CCCC3)cc(Cl)c2cccnc12. The molecule has 2 heterocycles. The van der Waals surface area contributed by atoms with Gasteiger partial charge in [0, 0.05) is 47.0 Å². The number of hydrogen-bond donors (Lipinski definition) is 3. The molecule has 0 atom stereocenters. The van der Waals surface area contributed by atoms with Crippen molar-refractivity contribution in [2.24, 2.45) is 0 Å². The zero-order chi connectivity index (χ0) is 28.3. The van der Waals surface area contributed by atoms with Crippen LogP contribution >= 0.6 is 36.4 Å². The maximum absolute atomic E-state index is 10.5. The van der Waals surface area contributed by atoms with Crippen LogP contribution in [-0.4, -0.2) is 28.2 Å². The van der Waals surface area contributed by atoms with Crippen molar-refractivity contribution >= 4 is 63.9 Å². The van der Waals surface area contributed by atoms with Gasteiger partial charge in [-0.1, -0.05) is 81.2 Å². The van der Waals surface area contributed by atoms with E-state index in [9.17, 15) is 5.11 Å². The van der Waals surface area contributed by atoms with Crippen molar-refractivity contribution in [1.29, 1.82) is 0 Å². The van der Waals surface area contributed by atoms with E-state index in [4.69, 9.17) is 16.6 Å². The summed E-state index contributed by atoms with van der Waals surface area (Å²) >= 11 is 6.38. The summed E-state index contributed by atoms with van der Waals surface area (Å²) in [6.45, 7) is 2.61. The van der Waals surface area contributed by atoms with E-state index >= 15 is 0 Å². The van der Waals surface area contributed by atoms with Crippen molar-refractivity contribution < 1.29 is 5.11 Å². The van der Waals surface area contributed by atoms with E-state index in [0.29, 0.717) is 17.1 Å². The minimum absolute atomic E-state index is 0. The molecule has 0 aliphatic heterocycles. The van der Waals surface area contributed by atoms with Crippen LogP contribution in [0.3, 0.4) is 0 Å². The van der Waals surface area contributed by atoms with Crippen LogP contribution in [0.2, 0.25) is 5.02 Å². The molecule has 8 heteroatoms. The summed E-state index contributed by atoms with van der Waals surface area (Å²) in [6.07, 6.45) is 19.5. The number of aryl methyl sites for hydroxylation is 1. The number of phenols is 1. The van der Waals surface area contributed by atoms with Crippen molar-refractivity contribution in [1.82, 2.24) is 15.3 Å². The molecule has 2 aromatic carbocycles. The molecule has 0 saturated heterocycles. The first-order chi connectivity index (χ1) is 20.2. The summed E-state index contributed by atoms with van der Waals surface area (Å²) in [6, 6.07) is 14.2. The number of rotatable bonds is 16. The van der Waals surface area contributed by atoms with Crippen LogP contribution in [-0.2, 0) is 19.4 Å². The second-order valence-electron chi connectivity index (χ2n) is 11.5. The van der Waals surface area contributed by atoms with Gasteiger partial charge in [0.25, 0.3) is 0 Å². The maximum Gasteiger partial charge on any atom is 0.146 e. The molecule has 0 bridgehead atoms. The summed E-state index contributed by atoms with van der Waals surface area (Å²) in [5, 5.41) is 20.5.